The number of unbranched alkanes of at least 4 members (excludes halogenated alkanes) is 1. The van der Waals surface area contributed by atoms with Crippen molar-refractivity contribution in [3.63, 3.8) is 0 Å². The van der Waals surface area contributed by atoms with Gasteiger partial charge in [-0.15, -0.1) is 0 Å². The summed E-state index contributed by atoms with van der Waals surface area (Å²) < 4.78 is 0. The molecular weight excluding hydrogens is 276 g/mol. The van der Waals surface area contributed by atoms with Crippen LogP contribution in [0.2, 0.25) is 0 Å². The molecule has 2 aliphatic rings. The number of aliphatic carboxylic acids is 1. The third-order valence-electron chi connectivity index (χ3n) is 5.72. The van der Waals surface area contributed by atoms with E-state index in [4.69, 9.17) is 5.11 Å². The Hall–Kier alpha value is -0.610. The van der Waals surface area contributed by atoms with Crippen LogP contribution in [0.4, 0.5) is 0 Å². The van der Waals surface area contributed by atoms with Crippen LogP contribution in [0.1, 0.15) is 58.8 Å². The Labute approximate surface area is 135 Å². The van der Waals surface area contributed by atoms with Crippen molar-refractivity contribution in [2.75, 3.05) is 32.7 Å². The fourth-order valence-electron chi connectivity index (χ4n) is 4.10. The number of nitrogens with zero attached hydrogens (tertiary/aromatic N) is 2. The fraction of sp³-hybridized carbons (Fsp3) is 0.944. The topological polar surface area (TPSA) is 43.8 Å². The molecule has 0 spiro atoms. The van der Waals surface area contributed by atoms with E-state index in [-0.39, 0.29) is 0 Å². The quantitative estimate of drug-likeness (QED) is 0.734. The second-order valence-electron chi connectivity index (χ2n) is 7.54. The highest BCUT2D eigenvalue weighted by molar-refractivity contribution is 5.66. The maximum absolute atomic E-state index is 10.5. The van der Waals surface area contributed by atoms with Gasteiger partial charge in [0.05, 0.1) is 0 Å². The van der Waals surface area contributed by atoms with Gasteiger partial charge >= 0.3 is 5.97 Å². The summed E-state index contributed by atoms with van der Waals surface area (Å²) in [4.78, 5) is 15.7. The first kappa shape index (κ1) is 17.7. The van der Waals surface area contributed by atoms with Crippen LogP contribution in [0.5, 0.6) is 0 Å². The van der Waals surface area contributed by atoms with Crippen LogP contribution in [0.25, 0.3) is 0 Å². The maximum atomic E-state index is 10.5. The van der Waals surface area contributed by atoms with Crippen molar-refractivity contribution in [1.82, 2.24) is 9.80 Å². The normalized spacial score (nSPS) is 28.1. The van der Waals surface area contributed by atoms with E-state index >= 15 is 0 Å². The molecule has 1 saturated carbocycles. The Morgan fingerprint density at radius 3 is 2.23 bits per heavy atom. The lowest BCUT2D eigenvalue weighted by Crippen LogP contribution is -2.51. The number of rotatable bonds is 7. The molecule has 4 heteroatoms. The van der Waals surface area contributed by atoms with Crippen LogP contribution in [0, 0.1) is 11.8 Å². The lowest BCUT2D eigenvalue weighted by atomic mass is 9.79. The number of carboxylic acid groups (broad SMARTS) is 1. The number of carbonyl (C=O) groups is 1. The molecule has 0 aromatic rings. The van der Waals surface area contributed by atoms with Gasteiger partial charge < -0.3 is 10.0 Å². The summed E-state index contributed by atoms with van der Waals surface area (Å²) in [6.45, 7) is 10.5. The van der Waals surface area contributed by atoms with Gasteiger partial charge in [-0.1, -0.05) is 13.8 Å². The minimum absolute atomic E-state index is 0.319. The van der Waals surface area contributed by atoms with Gasteiger partial charge in [-0.2, -0.15) is 0 Å². The Balaban J connectivity index is 1.60. The van der Waals surface area contributed by atoms with Gasteiger partial charge in [0, 0.05) is 38.6 Å². The maximum Gasteiger partial charge on any atom is 0.303 e. The highest BCUT2D eigenvalue weighted by Gasteiger charge is 2.29. The van der Waals surface area contributed by atoms with E-state index in [1.165, 1.54) is 38.8 Å². The molecule has 0 atom stereocenters. The molecule has 1 aliphatic heterocycles. The SMILES string of the molecule is CC(C)C1CCC(N2CCN(CCCCC(=O)O)CC2)CC1. The minimum atomic E-state index is -0.665. The lowest BCUT2D eigenvalue weighted by Gasteiger charge is -2.42. The minimum Gasteiger partial charge on any atom is -0.481 e. The molecule has 0 unspecified atom stereocenters. The standard InChI is InChI=1S/C18H34N2O2/c1-15(2)16-6-8-17(9-7-16)20-13-11-19(12-14-20)10-4-3-5-18(21)22/h15-17H,3-14H2,1-2H3,(H,21,22). The molecule has 0 aromatic carbocycles. The van der Waals surface area contributed by atoms with Crippen molar-refractivity contribution in [3.05, 3.63) is 0 Å². The van der Waals surface area contributed by atoms with Gasteiger partial charge in [0.15, 0.2) is 0 Å². The molecule has 0 aromatic heterocycles. The van der Waals surface area contributed by atoms with E-state index in [0.29, 0.717) is 6.42 Å². The van der Waals surface area contributed by atoms with Gasteiger partial charge in [0.1, 0.15) is 0 Å². The molecule has 0 radical (unpaired) electrons. The Kier molecular flexibility index (Phi) is 7.16. The van der Waals surface area contributed by atoms with Crippen molar-refractivity contribution in [2.24, 2.45) is 11.8 Å². The highest BCUT2D eigenvalue weighted by Crippen LogP contribution is 2.32. The monoisotopic (exact) mass is 310 g/mol. The van der Waals surface area contributed by atoms with E-state index < -0.39 is 5.97 Å². The summed E-state index contributed by atoms with van der Waals surface area (Å²) in [6.07, 6.45) is 7.76. The van der Waals surface area contributed by atoms with Gasteiger partial charge in [0.25, 0.3) is 0 Å². The van der Waals surface area contributed by atoms with Crippen molar-refractivity contribution in [1.29, 1.82) is 0 Å². The second-order valence-corrected chi connectivity index (χ2v) is 7.54. The van der Waals surface area contributed by atoms with Crippen LogP contribution < -0.4 is 0 Å². The molecule has 1 heterocycles. The molecule has 0 amide bonds. The second kappa shape index (κ2) is 8.88. The zero-order valence-corrected chi connectivity index (χ0v) is 14.5. The first-order chi connectivity index (χ1) is 10.6. The van der Waals surface area contributed by atoms with E-state index in [2.05, 4.69) is 23.6 Å². The summed E-state index contributed by atoms with van der Waals surface area (Å²) in [5, 5.41) is 8.66. The first-order valence-corrected chi connectivity index (χ1v) is 9.24. The van der Waals surface area contributed by atoms with Crippen molar-refractivity contribution in [2.45, 2.75) is 64.8 Å². The molecule has 2 rings (SSSR count). The molecule has 0 bridgehead atoms. The molecular formula is C18H34N2O2. The summed E-state index contributed by atoms with van der Waals surface area (Å²) in [7, 11) is 0. The fourth-order valence-corrected chi connectivity index (χ4v) is 4.10. The number of hydrogen-bond donors (Lipinski definition) is 1. The van der Waals surface area contributed by atoms with E-state index in [9.17, 15) is 4.79 Å². The Morgan fingerprint density at radius 2 is 1.68 bits per heavy atom. The van der Waals surface area contributed by atoms with E-state index in [0.717, 1.165) is 50.4 Å². The van der Waals surface area contributed by atoms with Crippen molar-refractivity contribution < 1.29 is 9.90 Å². The summed E-state index contributed by atoms with van der Waals surface area (Å²) in [5.74, 6) is 1.14. The van der Waals surface area contributed by atoms with Crippen LogP contribution >= 0.6 is 0 Å². The molecule has 4 nitrogen and oxygen atoms in total. The Bertz CT molecular complexity index is 330. The first-order valence-electron chi connectivity index (χ1n) is 9.24. The molecule has 1 N–H and O–H groups in total. The summed E-state index contributed by atoms with van der Waals surface area (Å²) in [6, 6.07) is 0.823. The largest absolute Gasteiger partial charge is 0.481 e. The summed E-state index contributed by atoms with van der Waals surface area (Å²) >= 11 is 0. The summed E-state index contributed by atoms with van der Waals surface area (Å²) in [5.41, 5.74) is 0. The third-order valence-corrected chi connectivity index (χ3v) is 5.72. The number of hydrogen-bond acceptors (Lipinski definition) is 3. The Morgan fingerprint density at radius 1 is 1.05 bits per heavy atom. The molecule has 1 saturated heterocycles. The molecule has 2 fully saturated rings. The van der Waals surface area contributed by atoms with E-state index in [1.54, 1.807) is 0 Å². The van der Waals surface area contributed by atoms with Crippen LogP contribution in [0.3, 0.4) is 0 Å². The smallest absolute Gasteiger partial charge is 0.303 e. The average Bonchev–Trinajstić information content (AvgIpc) is 2.52. The van der Waals surface area contributed by atoms with Gasteiger partial charge in [-0.3, -0.25) is 9.69 Å². The zero-order chi connectivity index (χ0) is 15.9. The molecule has 128 valence electrons. The predicted octanol–water partition coefficient (Wildman–Crippen LogP) is 3.07. The highest BCUT2D eigenvalue weighted by atomic mass is 16.4. The van der Waals surface area contributed by atoms with Crippen LogP contribution in [-0.2, 0) is 4.79 Å². The lowest BCUT2D eigenvalue weighted by molar-refractivity contribution is -0.137. The third kappa shape index (κ3) is 5.54. The zero-order valence-electron chi connectivity index (χ0n) is 14.5. The molecule has 1 aliphatic carbocycles. The number of piperazine rings is 1. The van der Waals surface area contributed by atoms with Crippen LogP contribution in [-0.4, -0.2) is 59.6 Å². The van der Waals surface area contributed by atoms with Crippen LogP contribution in [0.15, 0.2) is 0 Å². The van der Waals surface area contributed by atoms with E-state index in [1.807, 2.05) is 0 Å². The van der Waals surface area contributed by atoms with Crippen molar-refractivity contribution >= 4 is 5.97 Å². The number of carboxylic acids is 1. The predicted molar refractivity (Wildman–Crippen MR) is 90.1 cm³/mol. The average molecular weight is 310 g/mol. The van der Waals surface area contributed by atoms with Gasteiger partial charge in [-0.25, -0.2) is 0 Å². The van der Waals surface area contributed by atoms with Crippen molar-refractivity contribution in [3.8, 4) is 0 Å². The molecule has 22 heavy (non-hydrogen) atoms. The van der Waals surface area contributed by atoms with Gasteiger partial charge in [-0.05, 0) is 56.9 Å². The van der Waals surface area contributed by atoms with Gasteiger partial charge in [0.2, 0.25) is 0 Å².